The second kappa shape index (κ2) is 6.13. The Balaban J connectivity index is 1.95. The molecule has 0 spiro atoms. The molecule has 0 aliphatic rings. The maximum absolute atomic E-state index is 14.3. The first-order chi connectivity index (χ1) is 11.0. The van der Waals surface area contributed by atoms with Crippen LogP contribution in [0.3, 0.4) is 0 Å². The van der Waals surface area contributed by atoms with Gasteiger partial charge < -0.3 is 10.5 Å². The van der Waals surface area contributed by atoms with Crippen molar-refractivity contribution in [3.8, 4) is 22.9 Å². The zero-order valence-corrected chi connectivity index (χ0v) is 12.8. The van der Waals surface area contributed by atoms with Gasteiger partial charge in [0.1, 0.15) is 17.3 Å². The van der Waals surface area contributed by atoms with E-state index < -0.39 is 5.82 Å². The van der Waals surface area contributed by atoms with Gasteiger partial charge in [0.05, 0.1) is 5.56 Å². The fraction of sp³-hybridized carbons (Fsp3) is 0.0667. The Morgan fingerprint density at radius 3 is 2.70 bits per heavy atom. The zero-order chi connectivity index (χ0) is 16.4. The van der Waals surface area contributed by atoms with Crippen LogP contribution >= 0.6 is 11.6 Å². The average molecular weight is 332 g/mol. The molecule has 2 aromatic heterocycles. The van der Waals surface area contributed by atoms with Gasteiger partial charge in [0.2, 0.25) is 0 Å². The molecule has 0 aliphatic carbocycles. The highest BCUT2D eigenvalue weighted by Gasteiger charge is 2.14. The maximum Gasteiger partial charge on any atom is 0.322 e. The van der Waals surface area contributed by atoms with Gasteiger partial charge >= 0.3 is 6.01 Å². The first kappa shape index (κ1) is 15.1. The van der Waals surface area contributed by atoms with Crippen LogP contribution in [0.2, 0.25) is 5.15 Å². The zero-order valence-electron chi connectivity index (χ0n) is 12.0. The molecule has 2 N–H and O–H groups in total. The van der Waals surface area contributed by atoms with E-state index in [1.165, 1.54) is 24.7 Å². The number of hydrogen-bond donors (Lipinski definition) is 1. The summed E-state index contributed by atoms with van der Waals surface area (Å²) < 4.78 is 19.6. The van der Waals surface area contributed by atoms with Crippen LogP contribution in [0.5, 0.6) is 11.8 Å². The number of ether oxygens (including phenoxy) is 1. The number of nitrogen functional groups attached to an aromatic ring is 1. The molecule has 1 aromatic carbocycles. The lowest BCUT2D eigenvalue weighted by molar-refractivity contribution is 0.410. The van der Waals surface area contributed by atoms with Gasteiger partial charge in [-0.2, -0.15) is 0 Å². The van der Waals surface area contributed by atoms with Crippen LogP contribution in [0, 0.1) is 12.7 Å². The van der Waals surface area contributed by atoms with Crippen LogP contribution in [0.25, 0.3) is 11.1 Å². The molecule has 2 heterocycles. The molecule has 0 fully saturated rings. The molecule has 0 radical (unpaired) electrons. The fourth-order valence-electron chi connectivity index (χ4n) is 1.96. The van der Waals surface area contributed by atoms with Crippen LogP contribution in [-0.4, -0.2) is 19.9 Å². The molecule has 116 valence electrons. The van der Waals surface area contributed by atoms with Crippen LogP contribution < -0.4 is 10.5 Å². The minimum atomic E-state index is -0.605. The third-order valence-corrected chi connectivity index (χ3v) is 3.31. The Bertz CT molecular complexity index is 854. The molecule has 3 aromatic rings. The summed E-state index contributed by atoms with van der Waals surface area (Å²) in [6.07, 6.45) is 2.77. The number of aromatic nitrogens is 4. The molecule has 0 bridgehead atoms. The van der Waals surface area contributed by atoms with Crippen molar-refractivity contribution in [3.63, 3.8) is 0 Å². The Morgan fingerprint density at radius 1 is 1.17 bits per heavy atom. The van der Waals surface area contributed by atoms with Gasteiger partial charge in [-0.25, -0.2) is 24.3 Å². The van der Waals surface area contributed by atoms with E-state index in [-0.39, 0.29) is 22.7 Å². The lowest BCUT2D eigenvalue weighted by Gasteiger charge is -2.09. The van der Waals surface area contributed by atoms with Gasteiger partial charge in [-0.15, -0.1) is 0 Å². The molecule has 23 heavy (non-hydrogen) atoms. The summed E-state index contributed by atoms with van der Waals surface area (Å²) in [5.41, 5.74) is 7.30. The van der Waals surface area contributed by atoms with Gasteiger partial charge in [-0.05, 0) is 30.7 Å². The minimum absolute atomic E-state index is 0.00843. The Labute approximate surface area is 136 Å². The third kappa shape index (κ3) is 3.19. The SMILES string of the molecule is Cc1ccnc(Oc2ccc(-c3c(N)ncnc3Cl)cc2F)n1. The van der Waals surface area contributed by atoms with Crippen molar-refractivity contribution in [1.29, 1.82) is 0 Å². The summed E-state index contributed by atoms with van der Waals surface area (Å²) in [7, 11) is 0. The quantitative estimate of drug-likeness (QED) is 0.740. The van der Waals surface area contributed by atoms with E-state index in [0.717, 1.165) is 0 Å². The molecule has 6 nitrogen and oxygen atoms in total. The van der Waals surface area contributed by atoms with Crippen LogP contribution in [0.1, 0.15) is 5.69 Å². The molecule has 0 amide bonds. The molecular formula is C15H11ClFN5O. The van der Waals surface area contributed by atoms with Crippen molar-refractivity contribution < 1.29 is 9.13 Å². The van der Waals surface area contributed by atoms with Crippen molar-refractivity contribution in [2.75, 3.05) is 5.73 Å². The summed E-state index contributed by atoms with van der Waals surface area (Å²) in [5, 5.41) is 0.146. The number of aryl methyl sites for hydroxylation is 1. The molecule has 0 unspecified atom stereocenters. The monoisotopic (exact) mass is 331 g/mol. The third-order valence-electron chi connectivity index (χ3n) is 3.02. The molecule has 0 atom stereocenters. The summed E-state index contributed by atoms with van der Waals surface area (Å²) in [6.45, 7) is 1.79. The topological polar surface area (TPSA) is 86.8 Å². The molecular weight excluding hydrogens is 321 g/mol. The Hall–Kier alpha value is -2.80. The van der Waals surface area contributed by atoms with Crippen molar-refractivity contribution in [2.24, 2.45) is 0 Å². The first-order valence-electron chi connectivity index (χ1n) is 6.58. The normalized spacial score (nSPS) is 10.6. The lowest BCUT2D eigenvalue weighted by Crippen LogP contribution is -1.98. The van der Waals surface area contributed by atoms with E-state index in [2.05, 4.69) is 19.9 Å². The number of nitrogens with two attached hydrogens (primary N) is 1. The summed E-state index contributed by atoms with van der Waals surface area (Å²) in [6, 6.07) is 6.07. The summed E-state index contributed by atoms with van der Waals surface area (Å²) >= 11 is 6.00. The highest BCUT2D eigenvalue weighted by molar-refractivity contribution is 6.32. The number of benzene rings is 1. The highest BCUT2D eigenvalue weighted by Crippen LogP contribution is 2.33. The van der Waals surface area contributed by atoms with Gasteiger partial charge in [-0.1, -0.05) is 17.7 Å². The van der Waals surface area contributed by atoms with E-state index in [0.29, 0.717) is 16.8 Å². The van der Waals surface area contributed by atoms with E-state index in [4.69, 9.17) is 22.1 Å². The fourth-order valence-corrected chi connectivity index (χ4v) is 2.21. The predicted octanol–water partition coefficient (Wildman–Crippen LogP) is 3.41. The number of halogens is 2. The van der Waals surface area contributed by atoms with E-state index in [9.17, 15) is 4.39 Å². The average Bonchev–Trinajstić information content (AvgIpc) is 2.50. The molecule has 0 saturated carbocycles. The van der Waals surface area contributed by atoms with Gasteiger partial charge in [-0.3, -0.25) is 0 Å². The summed E-state index contributed by atoms with van der Waals surface area (Å²) in [4.78, 5) is 15.7. The van der Waals surface area contributed by atoms with E-state index in [1.807, 2.05) is 0 Å². The van der Waals surface area contributed by atoms with E-state index in [1.54, 1.807) is 19.1 Å². The van der Waals surface area contributed by atoms with Gasteiger partial charge in [0, 0.05) is 11.9 Å². The Kier molecular flexibility index (Phi) is 4.03. The molecule has 3 rings (SSSR count). The number of hydrogen-bond acceptors (Lipinski definition) is 6. The van der Waals surface area contributed by atoms with Crippen LogP contribution in [0.15, 0.2) is 36.8 Å². The largest absolute Gasteiger partial charge is 0.421 e. The number of rotatable bonds is 3. The van der Waals surface area contributed by atoms with Crippen LogP contribution in [-0.2, 0) is 0 Å². The Morgan fingerprint density at radius 2 is 2.00 bits per heavy atom. The second-order valence-corrected chi connectivity index (χ2v) is 5.01. The minimum Gasteiger partial charge on any atom is -0.421 e. The predicted molar refractivity (Wildman–Crippen MR) is 83.7 cm³/mol. The maximum atomic E-state index is 14.3. The van der Waals surface area contributed by atoms with Crippen molar-refractivity contribution >= 4 is 17.4 Å². The second-order valence-electron chi connectivity index (χ2n) is 4.65. The highest BCUT2D eigenvalue weighted by atomic mass is 35.5. The van der Waals surface area contributed by atoms with Crippen molar-refractivity contribution in [2.45, 2.75) is 6.92 Å². The van der Waals surface area contributed by atoms with Gasteiger partial charge in [0.15, 0.2) is 11.6 Å². The first-order valence-corrected chi connectivity index (χ1v) is 6.96. The van der Waals surface area contributed by atoms with Crippen LogP contribution in [0.4, 0.5) is 10.2 Å². The molecule has 0 aliphatic heterocycles. The molecule has 8 heteroatoms. The number of anilines is 1. The van der Waals surface area contributed by atoms with Crippen molar-refractivity contribution in [1.82, 2.24) is 19.9 Å². The summed E-state index contributed by atoms with van der Waals surface area (Å²) in [5.74, 6) is -0.446. The van der Waals surface area contributed by atoms with Crippen molar-refractivity contribution in [3.05, 3.63) is 53.5 Å². The smallest absolute Gasteiger partial charge is 0.322 e. The molecule has 0 saturated heterocycles. The van der Waals surface area contributed by atoms with Gasteiger partial charge in [0.25, 0.3) is 0 Å². The lowest BCUT2D eigenvalue weighted by atomic mass is 10.1. The number of nitrogens with zero attached hydrogens (tertiary/aromatic N) is 4. The van der Waals surface area contributed by atoms with E-state index >= 15 is 0 Å². The standard InChI is InChI=1S/C15H11ClFN5O/c1-8-4-5-19-15(22-8)23-11-3-2-9(6-10(11)17)12-13(16)20-7-21-14(12)18/h2-7H,1H3,(H2,18,20,21).